The van der Waals surface area contributed by atoms with Gasteiger partial charge < -0.3 is 15.0 Å². The van der Waals surface area contributed by atoms with Crippen molar-refractivity contribution in [1.29, 1.82) is 0 Å². The number of amides is 1. The number of nitrogens with one attached hydrogen (secondary N) is 1. The molecule has 7 nitrogen and oxygen atoms in total. The Balaban J connectivity index is 1.52. The van der Waals surface area contributed by atoms with Crippen LogP contribution in [0.5, 0.6) is 5.75 Å². The minimum absolute atomic E-state index is 0.168. The maximum atomic E-state index is 13.0. The summed E-state index contributed by atoms with van der Waals surface area (Å²) in [6.07, 6.45) is 8.36. The molecule has 2 aromatic heterocycles. The largest absolute Gasteiger partial charge is 0.490 e. The topological polar surface area (TPSA) is 71.8 Å². The second-order valence-electron chi connectivity index (χ2n) is 7.20. The van der Waals surface area contributed by atoms with Gasteiger partial charge in [-0.05, 0) is 31.9 Å². The van der Waals surface area contributed by atoms with Gasteiger partial charge in [-0.1, -0.05) is 0 Å². The van der Waals surface area contributed by atoms with Gasteiger partial charge in [-0.25, -0.2) is 9.50 Å². The van der Waals surface area contributed by atoms with E-state index in [1.165, 1.54) is 12.8 Å². The summed E-state index contributed by atoms with van der Waals surface area (Å²) in [7, 11) is 0. The molecule has 1 fully saturated rings. The number of hydrogen-bond donors (Lipinski definition) is 1. The summed E-state index contributed by atoms with van der Waals surface area (Å²) in [6.45, 7) is 4.06. The molecule has 4 heterocycles. The van der Waals surface area contributed by atoms with Crippen molar-refractivity contribution in [3.8, 4) is 5.75 Å². The second-order valence-corrected chi connectivity index (χ2v) is 7.20. The normalized spacial score (nSPS) is 18.6. The number of fused-ring (bicyclic) bond motifs is 2. The van der Waals surface area contributed by atoms with Crippen LogP contribution in [0.2, 0.25) is 0 Å². The molecule has 2 aliphatic heterocycles. The van der Waals surface area contributed by atoms with Gasteiger partial charge >= 0.3 is 0 Å². The van der Waals surface area contributed by atoms with Crippen LogP contribution in [0.15, 0.2) is 36.8 Å². The van der Waals surface area contributed by atoms with E-state index >= 15 is 0 Å². The number of rotatable bonds is 3. The molecule has 3 aromatic rings. The summed E-state index contributed by atoms with van der Waals surface area (Å²) < 4.78 is 7.54. The zero-order chi connectivity index (χ0) is 18.4. The van der Waals surface area contributed by atoms with Crippen LogP contribution in [-0.4, -0.2) is 39.7 Å². The number of aromatic nitrogens is 3. The second kappa shape index (κ2) is 6.26. The number of carbonyl (C=O) groups is 1. The molecule has 1 saturated heterocycles. The monoisotopic (exact) mass is 363 g/mol. The lowest BCUT2D eigenvalue weighted by Crippen LogP contribution is -2.21. The number of ether oxygens (including phenoxy) is 1. The number of carbonyl (C=O) groups excluding carboxylic acids is 1. The molecule has 0 aliphatic carbocycles. The van der Waals surface area contributed by atoms with Crippen molar-refractivity contribution in [3.05, 3.63) is 47.9 Å². The minimum Gasteiger partial charge on any atom is -0.490 e. The highest BCUT2D eigenvalue weighted by Gasteiger charge is 2.26. The van der Waals surface area contributed by atoms with Crippen molar-refractivity contribution in [3.63, 3.8) is 0 Å². The van der Waals surface area contributed by atoms with E-state index in [4.69, 9.17) is 4.74 Å². The molecule has 1 atom stereocenters. The van der Waals surface area contributed by atoms with Crippen LogP contribution in [0, 0.1) is 0 Å². The lowest BCUT2D eigenvalue weighted by molar-refractivity contribution is 0.102. The van der Waals surface area contributed by atoms with Gasteiger partial charge in [0.05, 0.1) is 17.6 Å². The first-order valence-corrected chi connectivity index (χ1v) is 9.37. The van der Waals surface area contributed by atoms with E-state index < -0.39 is 0 Å². The van der Waals surface area contributed by atoms with Crippen LogP contribution in [0.3, 0.4) is 0 Å². The van der Waals surface area contributed by atoms with Crippen molar-refractivity contribution in [2.45, 2.75) is 32.3 Å². The lowest BCUT2D eigenvalue weighted by atomic mass is 10.1. The third-order valence-corrected chi connectivity index (χ3v) is 5.23. The zero-order valence-corrected chi connectivity index (χ0v) is 15.2. The highest BCUT2D eigenvalue weighted by Crippen LogP contribution is 2.39. The van der Waals surface area contributed by atoms with Gasteiger partial charge in [0, 0.05) is 43.5 Å². The van der Waals surface area contributed by atoms with Gasteiger partial charge in [-0.2, -0.15) is 5.10 Å². The van der Waals surface area contributed by atoms with Gasteiger partial charge in [-0.15, -0.1) is 0 Å². The lowest BCUT2D eigenvalue weighted by Gasteiger charge is -2.22. The standard InChI is InChI=1S/C20H21N5O2/c1-13-9-14-10-16(17(11-18(14)27-13)24-6-2-3-7-24)23-20(26)15-12-22-25-8-4-5-21-19(15)25/h4-5,8,10-13H,2-3,6-7,9H2,1H3,(H,23,26). The molecular formula is C20H21N5O2. The summed E-state index contributed by atoms with van der Waals surface area (Å²) in [6, 6.07) is 5.92. The molecule has 5 rings (SSSR count). The minimum atomic E-state index is -0.198. The molecule has 1 aromatic carbocycles. The fourth-order valence-corrected chi connectivity index (χ4v) is 3.95. The van der Waals surface area contributed by atoms with E-state index in [-0.39, 0.29) is 12.0 Å². The van der Waals surface area contributed by atoms with Gasteiger partial charge in [0.15, 0.2) is 5.65 Å². The smallest absolute Gasteiger partial charge is 0.261 e. The van der Waals surface area contributed by atoms with Crippen molar-refractivity contribution in [1.82, 2.24) is 14.6 Å². The van der Waals surface area contributed by atoms with Gasteiger partial charge in [-0.3, -0.25) is 4.79 Å². The average molecular weight is 363 g/mol. The molecule has 138 valence electrons. The van der Waals surface area contributed by atoms with Gasteiger partial charge in [0.2, 0.25) is 0 Å². The number of anilines is 2. The van der Waals surface area contributed by atoms with Crippen LogP contribution >= 0.6 is 0 Å². The summed E-state index contributed by atoms with van der Waals surface area (Å²) in [4.78, 5) is 19.6. The quantitative estimate of drug-likeness (QED) is 0.775. The predicted molar refractivity (Wildman–Crippen MR) is 103 cm³/mol. The van der Waals surface area contributed by atoms with Crippen LogP contribution in [0.25, 0.3) is 5.65 Å². The number of nitrogens with zero attached hydrogens (tertiary/aromatic N) is 4. The summed E-state index contributed by atoms with van der Waals surface area (Å²) in [5, 5.41) is 7.31. The maximum Gasteiger partial charge on any atom is 0.261 e. The fraction of sp³-hybridized carbons (Fsp3) is 0.350. The number of benzene rings is 1. The van der Waals surface area contributed by atoms with Crippen molar-refractivity contribution in [2.24, 2.45) is 0 Å². The van der Waals surface area contributed by atoms with E-state index in [9.17, 15) is 4.79 Å². The summed E-state index contributed by atoms with van der Waals surface area (Å²) in [5.74, 6) is 0.733. The molecule has 27 heavy (non-hydrogen) atoms. The van der Waals surface area contributed by atoms with E-state index in [1.54, 1.807) is 29.2 Å². The van der Waals surface area contributed by atoms with Crippen molar-refractivity contribution in [2.75, 3.05) is 23.3 Å². The molecule has 7 heteroatoms. The summed E-state index contributed by atoms with van der Waals surface area (Å²) >= 11 is 0. The summed E-state index contributed by atoms with van der Waals surface area (Å²) in [5.41, 5.74) is 4.01. The highest BCUT2D eigenvalue weighted by atomic mass is 16.5. The first-order valence-electron chi connectivity index (χ1n) is 9.37. The zero-order valence-electron chi connectivity index (χ0n) is 15.2. The Morgan fingerprint density at radius 3 is 3.00 bits per heavy atom. The van der Waals surface area contributed by atoms with Crippen molar-refractivity contribution < 1.29 is 9.53 Å². The Hall–Kier alpha value is -3.09. The Kier molecular flexibility index (Phi) is 3.74. The van der Waals surface area contributed by atoms with Gasteiger partial charge in [0.1, 0.15) is 17.4 Å². The molecule has 2 aliphatic rings. The maximum absolute atomic E-state index is 13.0. The molecule has 0 saturated carbocycles. The number of hydrogen-bond acceptors (Lipinski definition) is 5. The average Bonchev–Trinajstić information content (AvgIpc) is 3.39. The molecule has 0 bridgehead atoms. The van der Waals surface area contributed by atoms with Gasteiger partial charge in [0.25, 0.3) is 5.91 Å². The Labute approximate surface area is 157 Å². The van der Waals surface area contributed by atoms with E-state index in [0.29, 0.717) is 11.2 Å². The first kappa shape index (κ1) is 16.1. The first-order chi connectivity index (χ1) is 13.2. The van der Waals surface area contributed by atoms with E-state index in [2.05, 4.69) is 39.4 Å². The third kappa shape index (κ3) is 2.79. The Morgan fingerprint density at radius 1 is 1.30 bits per heavy atom. The van der Waals surface area contributed by atoms with Crippen LogP contribution in [-0.2, 0) is 6.42 Å². The van der Waals surface area contributed by atoms with Crippen LogP contribution in [0.4, 0.5) is 11.4 Å². The van der Waals surface area contributed by atoms with Crippen LogP contribution < -0.4 is 15.0 Å². The third-order valence-electron chi connectivity index (χ3n) is 5.23. The fourth-order valence-electron chi connectivity index (χ4n) is 3.95. The molecule has 1 N–H and O–H groups in total. The van der Waals surface area contributed by atoms with E-state index in [1.807, 2.05) is 0 Å². The molecule has 0 radical (unpaired) electrons. The predicted octanol–water partition coefficient (Wildman–Crippen LogP) is 2.91. The Bertz CT molecular complexity index is 1020. The molecule has 1 unspecified atom stereocenters. The van der Waals surface area contributed by atoms with Crippen molar-refractivity contribution >= 4 is 22.9 Å². The van der Waals surface area contributed by atoms with E-state index in [0.717, 1.165) is 42.2 Å². The van der Waals surface area contributed by atoms with Crippen LogP contribution in [0.1, 0.15) is 35.7 Å². The molecular weight excluding hydrogens is 342 g/mol. The highest BCUT2D eigenvalue weighted by molar-refractivity contribution is 6.09. The molecule has 0 spiro atoms. The molecule has 1 amide bonds. The SMILES string of the molecule is CC1Cc2cc(NC(=O)c3cnn4cccnc34)c(N3CCCC3)cc2O1. The Morgan fingerprint density at radius 2 is 2.15 bits per heavy atom.